The Morgan fingerprint density at radius 3 is 2.66 bits per heavy atom. The number of carbonyl (C=O) groups excluding carboxylic acids is 1. The van der Waals surface area contributed by atoms with Crippen LogP contribution in [-0.4, -0.2) is 27.4 Å². The molecule has 0 spiro atoms. The van der Waals surface area contributed by atoms with E-state index in [1.165, 1.54) is 0 Å². The number of benzene rings is 3. The first-order valence-corrected chi connectivity index (χ1v) is 10.4. The first-order chi connectivity index (χ1) is 15.8. The van der Waals surface area contributed by atoms with Crippen molar-refractivity contribution in [2.45, 2.75) is 12.7 Å². The highest BCUT2D eigenvalue weighted by atomic mass is 16.7. The van der Waals surface area contributed by atoms with Crippen LogP contribution in [0.2, 0.25) is 0 Å². The van der Waals surface area contributed by atoms with Crippen molar-refractivity contribution in [1.82, 2.24) is 14.7 Å². The molecule has 3 aromatic carbocycles. The highest BCUT2D eigenvalue weighted by Crippen LogP contribution is 2.37. The molecule has 1 atom stereocenters. The van der Waals surface area contributed by atoms with E-state index in [2.05, 4.69) is 10.4 Å². The molecule has 7 heteroatoms. The fraction of sp³-hybridized carbons (Fsp3) is 0.120. The third-order valence-electron chi connectivity index (χ3n) is 5.79. The topological polar surface area (TPSA) is 68.6 Å². The molecule has 32 heavy (non-hydrogen) atoms. The van der Waals surface area contributed by atoms with E-state index in [1.807, 2.05) is 88.6 Å². The lowest BCUT2D eigenvalue weighted by Gasteiger charge is -2.38. The summed E-state index contributed by atoms with van der Waals surface area (Å²) in [6.07, 6.45) is 3.34. The number of carbonyl (C=O) groups is 1. The molecule has 0 bridgehead atoms. The number of ether oxygens (including phenoxy) is 2. The summed E-state index contributed by atoms with van der Waals surface area (Å²) in [5, 5.41) is 7.83. The molecule has 6 rings (SSSR count). The molecule has 7 nitrogen and oxygen atoms in total. The van der Waals surface area contributed by atoms with Crippen LogP contribution in [0.5, 0.6) is 11.5 Å². The van der Waals surface area contributed by atoms with Gasteiger partial charge in [-0.2, -0.15) is 5.10 Å². The minimum absolute atomic E-state index is 0.0156. The van der Waals surface area contributed by atoms with Gasteiger partial charge in [0.15, 0.2) is 11.5 Å². The standard InChI is InChI=1S/C25H20N4O3/c30-25-20-4-1-2-5-21(20)27-24(18-7-9-19(10-8-18)29-13-3-12-26-29)28(25)15-17-6-11-22-23(14-17)32-16-31-22/h1-14,24,27H,15-16H2. The van der Waals surface area contributed by atoms with Crippen LogP contribution in [0.4, 0.5) is 5.69 Å². The van der Waals surface area contributed by atoms with Crippen molar-refractivity contribution in [3.8, 4) is 17.2 Å². The minimum Gasteiger partial charge on any atom is -0.454 e. The third kappa shape index (κ3) is 3.15. The zero-order valence-corrected chi connectivity index (χ0v) is 17.1. The van der Waals surface area contributed by atoms with Crippen molar-refractivity contribution >= 4 is 11.6 Å². The highest BCUT2D eigenvalue weighted by molar-refractivity contribution is 6.01. The Morgan fingerprint density at radius 1 is 0.969 bits per heavy atom. The van der Waals surface area contributed by atoms with Gasteiger partial charge in [-0.25, -0.2) is 4.68 Å². The number of nitrogens with zero attached hydrogens (tertiary/aromatic N) is 3. The van der Waals surface area contributed by atoms with Gasteiger partial charge in [0.1, 0.15) is 6.17 Å². The van der Waals surface area contributed by atoms with Gasteiger partial charge in [0.25, 0.3) is 5.91 Å². The molecule has 2 aliphatic heterocycles. The average Bonchev–Trinajstić information content (AvgIpc) is 3.53. The molecule has 4 aromatic rings. The Hall–Kier alpha value is -4.26. The van der Waals surface area contributed by atoms with Crippen LogP contribution in [0.1, 0.15) is 27.7 Å². The number of nitrogens with one attached hydrogen (secondary N) is 1. The first kappa shape index (κ1) is 18.5. The summed E-state index contributed by atoms with van der Waals surface area (Å²) < 4.78 is 12.8. The summed E-state index contributed by atoms with van der Waals surface area (Å²) in [7, 11) is 0. The molecular formula is C25H20N4O3. The first-order valence-electron chi connectivity index (χ1n) is 10.4. The largest absolute Gasteiger partial charge is 0.454 e. The maximum absolute atomic E-state index is 13.5. The van der Waals surface area contributed by atoms with Gasteiger partial charge in [0.05, 0.1) is 11.3 Å². The monoisotopic (exact) mass is 424 g/mol. The van der Waals surface area contributed by atoms with Gasteiger partial charge in [-0.1, -0.05) is 30.3 Å². The van der Waals surface area contributed by atoms with E-state index in [0.717, 1.165) is 28.3 Å². The number of amides is 1. The number of anilines is 1. The van der Waals surface area contributed by atoms with E-state index in [1.54, 1.807) is 6.20 Å². The second-order valence-electron chi connectivity index (χ2n) is 7.76. The number of hydrogen-bond acceptors (Lipinski definition) is 5. The Morgan fingerprint density at radius 2 is 1.81 bits per heavy atom. The number of aromatic nitrogens is 2. The van der Waals surface area contributed by atoms with E-state index in [9.17, 15) is 4.79 Å². The van der Waals surface area contributed by atoms with Gasteiger partial charge < -0.3 is 19.7 Å². The summed E-state index contributed by atoms with van der Waals surface area (Å²) >= 11 is 0. The molecule has 0 saturated heterocycles. The van der Waals surface area contributed by atoms with Gasteiger partial charge in [0.2, 0.25) is 6.79 Å². The minimum atomic E-state index is -0.311. The van der Waals surface area contributed by atoms with Crippen molar-refractivity contribution in [1.29, 1.82) is 0 Å². The Labute approximate surface area is 184 Å². The molecule has 1 amide bonds. The van der Waals surface area contributed by atoms with Crippen LogP contribution >= 0.6 is 0 Å². The van der Waals surface area contributed by atoms with Crippen molar-refractivity contribution < 1.29 is 14.3 Å². The molecule has 0 radical (unpaired) electrons. The van der Waals surface area contributed by atoms with Crippen LogP contribution in [-0.2, 0) is 6.54 Å². The van der Waals surface area contributed by atoms with Crippen molar-refractivity contribution in [2.75, 3.05) is 12.1 Å². The maximum Gasteiger partial charge on any atom is 0.258 e. The predicted molar refractivity (Wildman–Crippen MR) is 119 cm³/mol. The van der Waals surface area contributed by atoms with E-state index in [0.29, 0.717) is 17.9 Å². The number of hydrogen-bond donors (Lipinski definition) is 1. The fourth-order valence-corrected chi connectivity index (χ4v) is 4.19. The number of para-hydroxylation sites is 1. The molecule has 1 unspecified atom stereocenters. The van der Waals surface area contributed by atoms with Crippen LogP contribution in [0.3, 0.4) is 0 Å². The Bertz CT molecular complexity index is 1290. The zero-order chi connectivity index (χ0) is 21.5. The quantitative estimate of drug-likeness (QED) is 0.527. The number of fused-ring (bicyclic) bond motifs is 2. The SMILES string of the molecule is O=C1c2ccccc2NC(c2ccc(-n3cccn3)cc2)N1Cc1ccc2c(c1)OCO2. The van der Waals surface area contributed by atoms with Gasteiger partial charge in [0, 0.05) is 24.6 Å². The van der Waals surface area contributed by atoms with E-state index >= 15 is 0 Å². The zero-order valence-electron chi connectivity index (χ0n) is 17.1. The molecular weight excluding hydrogens is 404 g/mol. The predicted octanol–water partition coefficient (Wildman–Crippen LogP) is 4.37. The van der Waals surface area contributed by atoms with Crippen LogP contribution < -0.4 is 14.8 Å². The fourth-order valence-electron chi connectivity index (χ4n) is 4.19. The molecule has 0 aliphatic carbocycles. The lowest BCUT2D eigenvalue weighted by molar-refractivity contribution is 0.0666. The van der Waals surface area contributed by atoms with E-state index in [-0.39, 0.29) is 18.9 Å². The van der Waals surface area contributed by atoms with Gasteiger partial charge in [-0.05, 0) is 53.6 Å². The summed E-state index contributed by atoms with van der Waals surface area (Å²) in [6.45, 7) is 0.657. The molecule has 2 aliphatic rings. The van der Waals surface area contributed by atoms with E-state index < -0.39 is 0 Å². The highest BCUT2D eigenvalue weighted by Gasteiger charge is 2.33. The summed E-state index contributed by atoms with van der Waals surface area (Å²) in [4.78, 5) is 15.4. The Balaban J connectivity index is 1.36. The molecule has 0 saturated carbocycles. The Kier molecular flexibility index (Phi) is 4.31. The normalized spacial score (nSPS) is 16.6. The van der Waals surface area contributed by atoms with Crippen molar-refractivity contribution in [3.05, 3.63) is 102 Å². The summed E-state index contributed by atoms with van der Waals surface area (Å²) in [5.41, 5.74) is 4.42. The number of rotatable bonds is 4. The second kappa shape index (κ2) is 7.46. The second-order valence-corrected chi connectivity index (χ2v) is 7.76. The molecule has 3 heterocycles. The van der Waals surface area contributed by atoms with Crippen LogP contribution in [0, 0.1) is 0 Å². The van der Waals surface area contributed by atoms with Gasteiger partial charge in [-0.15, -0.1) is 0 Å². The van der Waals surface area contributed by atoms with Crippen molar-refractivity contribution in [2.24, 2.45) is 0 Å². The summed E-state index contributed by atoms with van der Waals surface area (Å²) in [5.74, 6) is 1.42. The third-order valence-corrected chi connectivity index (χ3v) is 5.79. The summed E-state index contributed by atoms with van der Waals surface area (Å²) in [6, 6.07) is 23.4. The smallest absolute Gasteiger partial charge is 0.258 e. The molecule has 0 fully saturated rings. The van der Waals surface area contributed by atoms with Gasteiger partial charge >= 0.3 is 0 Å². The average molecular weight is 424 g/mol. The molecule has 158 valence electrons. The van der Waals surface area contributed by atoms with Crippen molar-refractivity contribution in [3.63, 3.8) is 0 Å². The van der Waals surface area contributed by atoms with Crippen LogP contribution in [0.15, 0.2) is 85.2 Å². The van der Waals surface area contributed by atoms with Gasteiger partial charge in [-0.3, -0.25) is 4.79 Å². The molecule has 1 aromatic heterocycles. The van der Waals surface area contributed by atoms with Crippen LogP contribution in [0.25, 0.3) is 5.69 Å². The maximum atomic E-state index is 13.5. The molecule has 1 N–H and O–H groups in total. The van der Waals surface area contributed by atoms with E-state index in [4.69, 9.17) is 9.47 Å². The lowest BCUT2D eigenvalue weighted by Crippen LogP contribution is -2.42. The lowest BCUT2D eigenvalue weighted by atomic mass is 10.0.